The Kier molecular flexibility index (Phi) is 3.26. The predicted molar refractivity (Wildman–Crippen MR) is 60.6 cm³/mol. The van der Waals surface area contributed by atoms with Crippen molar-refractivity contribution in [3.8, 4) is 0 Å². The van der Waals surface area contributed by atoms with Gasteiger partial charge in [0.25, 0.3) is 0 Å². The quantitative estimate of drug-likeness (QED) is 0.833. The smallest absolute Gasteiger partial charge is 0.115 e. The van der Waals surface area contributed by atoms with Crippen LogP contribution in [0.1, 0.15) is 30.6 Å². The van der Waals surface area contributed by atoms with Crippen molar-refractivity contribution in [3.63, 3.8) is 0 Å². The van der Waals surface area contributed by atoms with Crippen LogP contribution in [0.3, 0.4) is 0 Å². The van der Waals surface area contributed by atoms with E-state index in [2.05, 4.69) is 22.0 Å². The molecule has 0 aromatic carbocycles. The van der Waals surface area contributed by atoms with Crippen molar-refractivity contribution >= 4 is 0 Å². The van der Waals surface area contributed by atoms with Crippen LogP contribution in [0, 0.1) is 0 Å². The molecule has 0 aliphatic rings. The summed E-state index contributed by atoms with van der Waals surface area (Å²) in [4.78, 5) is 7.94. The van der Waals surface area contributed by atoms with Gasteiger partial charge in [-0.1, -0.05) is 6.92 Å². The SMILES string of the molecule is CCCn1nccc1C(N)c1cncnc1. The Hall–Kier alpha value is -1.75. The molecule has 0 radical (unpaired) electrons. The highest BCUT2D eigenvalue weighted by atomic mass is 15.3. The van der Waals surface area contributed by atoms with Gasteiger partial charge >= 0.3 is 0 Å². The van der Waals surface area contributed by atoms with Crippen LogP contribution < -0.4 is 5.73 Å². The third kappa shape index (κ3) is 2.09. The Morgan fingerprint density at radius 3 is 2.81 bits per heavy atom. The van der Waals surface area contributed by atoms with Crippen LogP contribution in [0.15, 0.2) is 31.0 Å². The van der Waals surface area contributed by atoms with E-state index >= 15 is 0 Å². The van der Waals surface area contributed by atoms with Gasteiger partial charge in [0.05, 0.1) is 11.7 Å². The first-order valence-corrected chi connectivity index (χ1v) is 5.35. The molecule has 0 spiro atoms. The van der Waals surface area contributed by atoms with Crippen LogP contribution in [0.4, 0.5) is 0 Å². The molecule has 0 saturated heterocycles. The minimum atomic E-state index is -0.213. The molecule has 5 heteroatoms. The Bertz CT molecular complexity index is 437. The summed E-state index contributed by atoms with van der Waals surface area (Å²) in [7, 11) is 0. The van der Waals surface area contributed by atoms with E-state index in [1.54, 1.807) is 18.6 Å². The minimum Gasteiger partial charge on any atom is -0.319 e. The van der Waals surface area contributed by atoms with Gasteiger partial charge in [0, 0.05) is 30.7 Å². The van der Waals surface area contributed by atoms with Gasteiger partial charge in [-0.05, 0) is 12.5 Å². The van der Waals surface area contributed by atoms with E-state index in [-0.39, 0.29) is 6.04 Å². The largest absolute Gasteiger partial charge is 0.319 e. The highest BCUT2D eigenvalue weighted by Gasteiger charge is 2.13. The molecule has 16 heavy (non-hydrogen) atoms. The molecule has 5 nitrogen and oxygen atoms in total. The predicted octanol–water partition coefficient (Wildman–Crippen LogP) is 1.13. The number of hydrogen-bond donors (Lipinski definition) is 1. The van der Waals surface area contributed by atoms with E-state index < -0.39 is 0 Å². The van der Waals surface area contributed by atoms with Crippen molar-refractivity contribution in [2.75, 3.05) is 0 Å². The molecule has 2 aromatic rings. The third-order valence-electron chi connectivity index (χ3n) is 2.44. The molecule has 2 rings (SSSR count). The molecule has 2 heterocycles. The summed E-state index contributed by atoms with van der Waals surface area (Å²) >= 11 is 0. The molecule has 0 saturated carbocycles. The average molecular weight is 217 g/mol. The molecular weight excluding hydrogens is 202 g/mol. The van der Waals surface area contributed by atoms with Crippen LogP contribution in [-0.4, -0.2) is 19.7 Å². The van der Waals surface area contributed by atoms with Gasteiger partial charge in [0.15, 0.2) is 0 Å². The molecule has 0 amide bonds. The fraction of sp³-hybridized carbons (Fsp3) is 0.364. The number of hydrogen-bond acceptors (Lipinski definition) is 4. The summed E-state index contributed by atoms with van der Waals surface area (Å²) in [6.07, 6.45) is 7.78. The second kappa shape index (κ2) is 4.85. The van der Waals surface area contributed by atoms with Crippen molar-refractivity contribution in [2.45, 2.75) is 25.9 Å². The van der Waals surface area contributed by atoms with Gasteiger partial charge in [0.2, 0.25) is 0 Å². The Morgan fingerprint density at radius 2 is 2.12 bits per heavy atom. The fourth-order valence-corrected chi connectivity index (χ4v) is 1.65. The molecule has 84 valence electrons. The summed E-state index contributed by atoms with van der Waals surface area (Å²) in [5.74, 6) is 0. The summed E-state index contributed by atoms with van der Waals surface area (Å²) < 4.78 is 1.93. The molecule has 0 aliphatic heterocycles. The van der Waals surface area contributed by atoms with Crippen LogP contribution >= 0.6 is 0 Å². The van der Waals surface area contributed by atoms with E-state index in [1.165, 1.54) is 6.33 Å². The van der Waals surface area contributed by atoms with Crippen molar-refractivity contribution in [1.29, 1.82) is 0 Å². The fourth-order valence-electron chi connectivity index (χ4n) is 1.65. The van der Waals surface area contributed by atoms with E-state index in [9.17, 15) is 0 Å². The molecule has 0 fully saturated rings. The summed E-state index contributed by atoms with van der Waals surface area (Å²) in [5.41, 5.74) is 8.05. The summed E-state index contributed by atoms with van der Waals surface area (Å²) in [6.45, 7) is 2.99. The maximum Gasteiger partial charge on any atom is 0.115 e. The monoisotopic (exact) mass is 217 g/mol. The van der Waals surface area contributed by atoms with E-state index in [0.29, 0.717) is 0 Å². The first kappa shape index (κ1) is 10.8. The minimum absolute atomic E-state index is 0.213. The maximum absolute atomic E-state index is 6.15. The van der Waals surface area contributed by atoms with Crippen molar-refractivity contribution < 1.29 is 0 Å². The second-order valence-corrected chi connectivity index (χ2v) is 3.63. The highest BCUT2D eigenvalue weighted by molar-refractivity contribution is 5.21. The Labute approximate surface area is 94.3 Å². The van der Waals surface area contributed by atoms with E-state index in [0.717, 1.165) is 24.2 Å². The molecular formula is C11H15N5. The lowest BCUT2D eigenvalue weighted by Gasteiger charge is -2.13. The molecule has 2 aromatic heterocycles. The van der Waals surface area contributed by atoms with Crippen molar-refractivity contribution in [3.05, 3.63) is 42.2 Å². The summed E-state index contributed by atoms with van der Waals surface area (Å²) in [6, 6.07) is 1.73. The van der Waals surface area contributed by atoms with Gasteiger partial charge in [0.1, 0.15) is 6.33 Å². The molecule has 1 atom stereocenters. The second-order valence-electron chi connectivity index (χ2n) is 3.63. The number of rotatable bonds is 4. The van der Waals surface area contributed by atoms with Crippen molar-refractivity contribution in [1.82, 2.24) is 19.7 Å². The van der Waals surface area contributed by atoms with Gasteiger partial charge in [-0.25, -0.2) is 9.97 Å². The third-order valence-corrected chi connectivity index (χ3v) is 2.44. The van der Waals surface area contributed by atoms with Crippen LogP contribution in [-0.2, 0) is 6.54 Å². The number of aryl methyl sites for hydroxylation is 1. The Morgan fingerprint density at radius 1 is 1.38 bits per heavy atom. The molecule has 0 bridgehead atoms. The molecule has 1 unspecified atom stereocenters. The van der Waals surface area contributed by atoms with Gasteiger partial charge in [-0.15, -0.1) is 0 Å². The van der Waals surface area contributed by atoms with Crippen LogP contribution in [0.5, 0.6) is 0 Å². The van der Waals surface area contributed by atoms with Gasteiger partial charge in [-0.3, -0.25) is 4.68 Å². The standard InChI is InChI=1S/C11H15N5/c1-2-5-16-10(3-4-15-16)11(12)9-6-13-8-14-7-9/h3-4,6-8,11H,2,5,12H2,1H3. The maximum atomic E-state index is 6.15. The lowest BCUT2D eigenvalue weighted by Crippen LogP contribution is -2.17. The first-order chi connectivity index (χ1) is 7.83. The lowest BCUT2D eigenvalue weighted by molar-refractivity contribution is 0.559. The summed E-state index contributed by atoms with van der Waals surface area (Å²) in [5, 5.41) is 4.25. The zero-order valence-electron chi connectivity index (χ0n) is 9.24. The molecule has 0 aliphatic carbocycles. The van der Waals surface area contributed by atoms with E-state index in [4.69, 9.17) is 5.73 Å². The van der Waals surface area contributed by atoms with Gasteiger partial charge < -0.3 is 5.73 Å². The average Bonchev–Trinajstić information content (AvgIpc) is 2.78. The molecule has 2 N–H and O–H groups in total. The van der Waals surface area contributed by atoms with Crippen molar-refractivity contribution in [2.24, 2.45) is 5.73 Å². The highest BCUT2D eigenvalue weighted by Crippen LogP contribution is 2.17. The normalized spacial score (nSPS) is 12.6. The first-order valence-electron chi connectivity index (χ1n) is 5.35. The van der Waals surface area contributed by atoms with Crippen LogP contribution in [0.25, 0.3) is 0 Å². The lowest BCUT2D eigenvalue weighted by atomic mass is 10.1. The zero-order chi connectivity index (χ0) is 11.4. The Balaban J connectivity index is 2.27. The number of nitrogens with two attached hydrogens (primary N) is 1. The van der Waals surface area contributed by atoms with Crippen LogP contribution in [0.2, 0.25) is 0 Å². The number of aromatic nitrogens is 4. The number of nitrogens with zero attached hydrogens (tertiary/aromatic N) is 4. The van der Waals surface area contributed by atoms with E-state index in [1.807, 2.05) is 10.7 Å². The topological polar surface area (TPSA) is 69.6 Å². The van der Waals surface area contributed by atoms with Gasteiger partial charge in [-0.2, -0.15) is 5.10 Å². The zero-order valence-corrected chi connectivity index (χ0v) is 9.24.